The Morgan fingerprint density at radius 1 is 1.40 bits per heavy atom. The summed E-state index contributed by atoms with van der Waals surface area (Å²) >= 11 is 5.94. The fourth-order valence-corrected chi connectivity index (χ4v) is 1.80. The van der Waals surface area contributed by atoms with Gasteiger partial charge in [0.1, 0.15) is 17.9 Å². The number of carbonyl (C=O) groups excluding carboxylic acids is 1. The van der Waals surface area contributed by atoms with Gasteiger partial charge >= 0.3 is 5.97 Å². The zero-order valence-corrected chi connectivity index (χ0v) is 11.4. The molecule has 0 aliphatic rings. The number of carbonyl (C=O) groups is 1. The van der Waals surface area contributed by atoms with E-state index in [2.05, 4.69) is 0 Å². The van der Waals surface area contributed by atoms with Gasteiger partial charge in [-0.05, 0) is 6.07 Å². The predicted octanol–water partition coefficient (Wildman–Crippen LogP) is 2.10. The first-order chi connectivity index (χ1) is 9.49. The Labute approximate surface area is 120 Å². The Morgan fingerprint density at radius 2 is 2.10 bits per heavy atom. The number of pyridine rings is 1. The van der Waals surface area contributed by atoms with E-state index in [1.54, 1.807) is 24.3 Å². The summed E-state index contributed by atoms with van der Waals surface area (Å²) in [5.41, 5.74) is 0.177. The number of rotatable bonds is 3. The average molecular weight is 294 g/mol. The summed E-state index contributed by atoms with van der Waals surface area (Å²) in [7, 11) is 1.48. The molecule has 0 saturated carbocycles. The van der Waals surface area contributed by atoms with Crippen molar-refractivity contribution < 1.29 is 14.6 Å². The van der Waals surface area contributed by atoms with Crippen LogP contribution in [0.1, 0.15) is 15.9 Å². The fourth-order valence-electron chi connectivity index (χ4n) is 1.61. The smallest absolute Gasteiger partial charge is 0.343 e. The van der Waals surface area contributed by atoms with E-state index in [9.17, 15) is 14.7 Å². The Morgan fingerprint density at radius 3 is 2.80 bits per heavy atom. The number of benzene rings is 1. The molecule has 0 radical (unpaired) electrons. The van der Waals surface area contributed by atoms with E-state index in [1.165, 1.54) is 17.8 Å². The standard InChI is InChI=1S/C14H12ClNO4/c1-16-7-10(12(17)6-13(16)18)14(19)20-8-9-4-2-3-5-11(9)15/h2-7,17H,8H2,1H3. The van der Waals surface area contributed by atoms with E-state index >= 15 is 0 Å². The molecule has 2 rings (SSSR count). The first-order valence-electron chi connectivity index (χ1n) is 5.79. The maximum Gasteiger partial charge on any atom is 0.343 e. The van der Waals surface area contributed by atoms with E-state index in [4.69, 9.17) is 16.3 Å². The molecule has 0 fully saturated rings. The summed E-state index contributed by atoms with van der Waals surface area (Å²) in [5.74, 6) is -1.13. The number of hydrogen-bond acceptors (Lipinski definition) is 4. The first kappa shape index (κ1) is 14.1. The van der Waals surface area contributed by atoms with E-state index in [1.807, 2.05) is 0 Å². The van der Waals surface area contributed by atoms with Crippen LogP contribution >= 0.6 is 11.6 Å². The zero-order chi connectivity index (χ0) is 14.7. The highest BCUT2D eigenvalue weighted by atomic mass is 35.5. The van der Waals surface area contributed by atoms with Gasteiger partial charge in [-0.2, -0.15) is 0 Å². The molecule has 0 amide bonds. The highest BCUT2D eigenvalue weighted by molar-refractivity contribution is 6.31. The minimum absolute atomic E-state index is 0.0131. The van der Waals surface area contributed by atoms with E-state index in [-0.39, 0.29) is 12.2 Å². The lowest BCUT2D eigenvalue weighted by atomic mass is 10.2. The van der Waals surface area contributed by atoms with Crippen LogP contribution in [0.5, 0.6) is 5.75 Å². The van der Waals surface area contributed by atoms with Gasteiger partial charge in [-0.3, -0.25) is 4.79 Å². The molecule has 0 aliphatic heterocycles. The Hall–Kier alpha value is -2.27. The van der Waals surface area contributed by atoms with Gasteiger partial charge in [0.05, 0.1) is 0 Å². The summed E-state index contributed by atoms with van der Waals surface area (Å²) < 4.78 is 6.26. The van der Waals surface area contributed by atoms with Crippen molar-refractivity contribution in [3.8, 4) is 5.75 Å². The molecule has 0 saturated heterocycles. The summed E-state index contributed by atoms with van der Waals surface area (Å²) in [6, 6.07) is 7.93. The number of aryl methyl sites for hydroxylation is 1. The van der Waals surface area contributed by atoms with Gasteiger partial charge in [-0.25, -0.2) is 4.79 Å². The van der Waals surface area contributed by atoms with Crippen LogP contribution in [0.2, 0.25) is 5.02 Å². The molecule has 0 aliphatic carbocycles. The summed E-state index contributed by atoms with van der Waals surface area (Å²) in [5, 5.41) is 10.1. The minimum Gasteiger partial charge on any atom is -0.507 e. The lowest BCUT2D eigenvalue weighted by molar-refractivity contribution is 0.0468. The largest absolute Gasteiger partial charge is 0.507 e. The second kappa shape index (κ2) is 5.79. The predicted molar refractivity (Wildman–Crippen MR) is 73.9 cm³/mol. The Balaban J connectivity index is 2.15. The van der Waals surface area contributed by atoms with Crippen molar-refractivity contribution >= 4 is 17.6 Å². The Kier molecular flexibility index (Phi) is 4.10. The molecule has 2 aromatic rings. The van der Waals surface area contributed by atoms with E-state index < -0.39 is 17.3 Å². The summed E-state index contributed by atoms with van der Waals surface area (Å²) in [6.45, 7) is -0.0131. The van der Waals surface area contributed by atoms with Gasteiger partial charge in [-0.15, -0.1) is 0 Å². The number of halogens is 1. The quantitative estimate of drug-likeness (QED) is 0.880. The SMILES string of the molecule is Cn1cc(C(=O)OCc2ccccc2Cl)c(O)cc1=O. The minimum atomic E-state index is -0.724. The lowest BCUT2D eigenvalue weighted by Crippen LogP contribution is -2.18. The number of aromatic hydroxyl groups is 1. The summed E-state index contributed by atoms with van der Waals surface area (Å²) in [4.78, 5) is 23.1. The van der Waals surface area contributed by atoms with Crippen LogP contribution in [0.3, 0.4) is 0 Å². The van der Waals surface area contributed by atoms with Crippen LogP contribution in [0.4, 0.5) is 0 Å². The molecule has 1 N–H and O–H groups in total. The first-order valence-corrected chi connectivity index (χ1v) is 6.17. The van der Waals surface area contributed by atoms with Crippen LogP contribution < -0.4 is 5.56 Å². The Bertz CT molecular complexity index is 709. The molecule has 0 spiro atoms. The molecule has 1 aromatic heterocycles. The third-order valence-corrected chi connectivity index (χ3v) is 3.11. The van der Waals surface area contributed by atoms with E-state index in [0.717, 1.165) is 6.07 Å². The molecule has 20 heavy (non-hydrogen) atoms. The van der Waals surface area contributed by atoms with Gasteiger partial charge < -0.3 is 14.4 Å². The number of nitrogens with zero attached hydrogens (tertiary/aromatic N) is 1. The second-order valence-electron chi connectivity index (χ2n) is 4.19. The molecule has 1 heterocycles. The van der Waals surface area contributed by atoms with Crippen molar-refractivity contribution in [1.29, 1.82) is 0 Å². The monoisotopic (exact) mass is 293 g/mol. The van der Waals surface area contributed by atoms with Gasteiger partial charge in [0, 0.05) is 29.9 Å². The maximum absolute atomic E-state index is 11.9. The molecule has 1 aromatic carbocycles. The third kappa shape index (κ3) is 3.00. The van der Waals surface area contributed by atoms with Crippen LogP contribution in [0, 0.1) is 0 Å². The van der Waals surface area contributed by atoms with Crippen LogP contribution in [-0.4, -0.2) is 15.6 Å². The van der Waals surface area contributed by atoms with Crippen molar-refractivity contribution in [3.05, 3.63) is 63.0 Å². The number of ether oxygens (including phenoxy) is 1. The van der Waals surface area contributed by atoms with Gasteiger partial charge in [0.2, 0.25) is 0 Å². The van der Waals surface area contributed by atoms with Crippen molar-refractivity contribution in [2.45, 2.75) is 6.61 Å². The van der Waals surface area contributed by atoms with Crippen LogP contribution in [-0.2, 0) is 18.4 Å². The molecular weight excluding hydrogens is 282 g/mol. The van der Waals surface area contributed by atoms with Crippen molar-refractivity contribution in [3.63, 3.8) is 0 Å². The average Bonchev–Trinajstić information content (AvgIpc) is 2.41. The van der Waals surface area contributed by atoms with Gasteiger partial charge in [0.15, 0.2) is 0 Å². The van der Waals surface area contributed by atoms with Crippen molar-refractivity contribution in [2.24, 2.45) is 7.05 Å². The molecule has 5 nitrogen and oxygen atoms in total. The number of esters is 1. The zero-order valence-electron chi connectivity index (χ0n) is 10.7. The maximum atomic E-state index is 11.9. The van der Waals surface area contributed by atoms with Gasteiger partial charge in [0.25, 0.3) is 5.56 Å². The van der Waals surface area contributed by atoms with Crippen molar-refractivity contribution in [2.75, 3.05) is 0 Å². The van der Waals surface area contributed by atoms with Crippen LogP contribution in [0.25, 0.3) is 0 Å². The van der Waals surface area contributed by atoms with E-state index in [0.29, 0.717) is 10.6 Å². The number of hydrogen-bond donors (Lipinski definition) is 1. The molecule has 0 bridgehead atoms. The molecule has 6 heteroatoms. The van der Waals surface area contributed by atoms with Crippen LogP contribution in [0.15, 0.2) is 41.3 Å². The fraction of sp³-hybridized carbons (Fsp3) is 0.143. The molecular formula is C14H12ClNO4. The normalized spacial score (nSPS) is 10.3. The van der Waals surface area contributed by atoms with Gasteiger partial charge in [-0.1, -0.05) is 29.8 Å². The summed E-state index contributed by atoms with van der Waals surface area (Å²) in [6.07, 6.45) is 1.23. The molecule has 0 atom stereocenters. The topological polar surface area (TPSA) is 68.5 Å². The molecule has 104 valence electrons. The second-order valence-corrected chi connectivity index (χ2v) is 4.60. The highest BCUT2D eigenvalue weighted by Crippen LogP contribution is 2.18. The molecule has 0 unspecified atom stereocenters. The highest BCUT2D eigenvalue weighted by Gasteiger charge is 2.15. The van der Waals surface area contributed by atoms with Crippen molar-refractivity contribution in [1.82, 2.24) is 4.57 Å². The third-order valence-electron chi connectivity index (χ3n) is 2.74. The number of aromatic nitrogens is 1. The lowest BCUT2D eigenvalue weighted by Gasteiger charge is -2.08.